The van der Waals surface area contributed by atoms with Gasteiger partial charge in [0.25, 0.3) is 5.91 Å². The maximum absolute atomic E-state index is 13.6. The number of carbonyl (C=O) groups excluding carboxylic acids is 1. The van der Waals surface area contributed by atoms with Crippen molar-refractivity contribution in [2.45, 2.75) is 18.6 Å². The zero-order chi connectivity index (χ0) is 28.4. The van der Waals surface area contributed by atoms with Gasteiger partial charge < -0.3 is 19.5 Å². The van der Waals surface area contributed by atoms with E-state index in [4.69, 9.17) is 14.2 Å². The SMILES string of the molecule is O=C(Nc1cccc(OC2COC(c3ccccc3)OC2)n1)c1cnc2ccc(-c3ccccc3C(F)(F)F)nn12. The first kappa shape index (κ1) is 26.4. The van der Waals surface area contributed by atoms with Crippen molar-refractivity contribution in [2.75, 3.05) is 18.5 Å². The number of anilines is 1. The zero-order valence-electron chi connectivity index (χ0n) is 21.3. The average molecular weight is 562 g/mol. The van der Waals surface area contributed by atoms with Crippen LogP contribution in [0.1, 0.15) is 27.9 Å². The lowest BCUT2D eigenvalue weighted by molar-refractivity contribution is -0.216. The van der Waals surface area contributed by atoms with Gasteiger partial charge in [-0.25, -0.2) is 9.50 Å². The zero-order valence-corrected chi connectivity index (χ0v) is 21.3. The van der Waals surface area contributed by atoms with E-state index in [9.17, 15) is 18.0 Å². The van der Waals surface area contributed by atoms with Crippen LogP contribution in [0.4, 0.5) is 19.0 Å². The Hall–Kier alpha value is -4.81. The molecule has 2 aromatic carbocycles. The van der Waals surface area contributed by atoms with Gasteiger partial charge in [0.05, 0.1) is 30.7 Å². The summed E-state index contributed by atoms with van der Waals surface area (Å²) in [7, 11) is 0. The molecular weight excluding hydrogens is 539 g/mol. The largest absolute Gasteiger partial charge is 0.469 e. The van der Waals surface area contributed by atoms with Crippen LogP contribution in [-0.4, -0.2) is 44.8 Å². The minimum Gasteiger partial charge on any atom is -0.469 e. The first-order valence-corrected chi connectivity index (χ1v) is 12.6. The Morgan fingerprint density at radius 3 is 2.46 bits per heavy atom. The average Bonchev–Trinajstić information content (AvgIpc) is 3.41. The summed E-state index contributed by atoms with van der Waals surface area (Å²) >= 11 is 0. The van der Waals surface area contributed by atoms with E-state index in [1.165, 1.54) is 41.0 Å². The second-order valence-electron chi connectivity index (χ2n) is 9.14. The highest BCUT2D eigenvalue weighted by Gasteiger charge is 2.34. The number of imidazole rings is 1. The highest BCUT2D eigenvalue weighted by molar-refractivity contribution is 6.02. The highest BCUT2D eigenvalue weighted by atomic mass is 19.4. The molecule has 9 nitrogen and oxygen atoms in total. The van der Waals surface area contributed by atoms with Crippen LogP contribution in [-0.2, 0) is 15.7 Å². The molecule has 3 aromatic heterocycles. The molecule has 1 aliphatic heterocycles. The molecule has 208 valence electrons. The first-order chi connectivity index (χ1) is 19.8. The molecule has 0 bridgehead atoms. The minimum absolute atomic E-state index is 0.0143. The summed E-state index contributed by atoms with van der Waals surface area (Å²) in [4.78, 5) is 21.6. The normalized spacial score (nSPS) is 17.3. The van der Waals surface area contributed by atoms with Crippen LogP contribution in [0.2, 0.25) is 0 Å². The number of alkyl halides is 3. The maximum Gasteiger partial charge on any atom is 0.417 e. The fourth-order valence-corrected chi connectivity index (χ4v) is 4.38. The number of hydrogen-bond donors (Lipinski definition) is 1. The van der Waals surface area contributed by atoms with Gasteiger partial charge in [0, 0.05) is 17.2 Å². The number of aromatic nitrogens is 4. The molecule has 6 rings (SSSR count). The number of carbonyl (C=O) groups is 1. The molecule has 1 aliphatic rings. The summed E-state index contributed by atoms with van der Waals surface area (Å²) in [5.41, 5.74) is 0.312. The molecule has 0 aliphatic carbocycles. The lowest BCUT2D eigenvalue weighted by Crippen LogP contribution is -2.35. The molecule has 0 spiro atoms. The van der Waals surface area contributed by atoms with E-state index in [2.05, 4.69) is 20.4 Å². The number of hydrogen-bond acceptors (Lipinski definition) is 7. The quantitative estimate of drug-likeness (QED) is 0.290. The smallest absolute Gasteiger partial charge is 0.417 e. The van der Waals surface area contributed by atoms with Crippen molar-refractivity contribution in [3.63, 3.8) is 0 Å². The van der Waals surface area contributed by atoms with E-state index in [0.717, 1.165) is 11.6 Å². The predicted molar refractivity (Wildman–Crippen MR) is 141 cm³/mol. The van der Waals surface area contributed by atoms with Crippen molar-refractivity contribution in [3.8, 4) is 17.1 Å². The second kappa shape index (κ2) is 11.0. The molecule has 0 radical (unpaired) electrons. The van der Waals surface area contributed by atoms with Crippen molar-refractivity contribution in [1.82, 2.24) is 19.6 Å². The third kappa shape index (κ3) is 5.74. The van der Waals surface area contributed by atoms with E-state index < -0.39 is 30.0 Å². The molecule has 0 unspecified atom stereocenters. The second-order valence-corrected chi connectivity index (χ2v) is 9.14. The van der Waals surface area contributed by atoms with Crippen LogP contribution in [0.3, 0.4) is 0 Å². The van der Waals surface area contributed by atoms with Crippen molar-refractivity contribution < 1.29 is 32.2 Å². The molecule has 1 saturated heterocycles. The molecular formula is C29H22F3N5O4. The van der Waals surface area contributed by atoms with E-state index in [1.807, 2.05) is 30.3 Å². The third-order valence-corrected chi connectivity index (χ3v) is 6.29. The number of nitrogens with one attached hydrogen (secondary N) is 1. The first-order valence-electron chi connectivity index (χ1n) is 12.6. The molecule has 41 heavy (non-hydrogen) atoms. The fraction of sp³-hybridized carbons (Fsp3) is 0.172. The van der Waals surface area contributed by atoms with Gasteiger partial charge in [-0.3, -0.25) is 4.79 Å². The number of amides is 1. The number of fused-ring (bicyclic) bond motifs is 1. The van der Waals surface area contributed by atoms with Gasteiger partial charge in [0.15, 0.2) is 17.6 Å². The Balaban J connectivity index is 1.16. The lowest BCUT2D eigenvalue weighted by Gasteiger charge is -2.29. The Morgan fingerprint density at radius 1 is 0.927 bits per heavy atom. The van der Waals surface area contributed by atoms with Gasteiger partial charge in [-0.2, -0.15) is 23.3 Å². The summed E-state index contributed by atoms with van der Waals surface area (Å²) in [5.74, 6) is -0.160. The Morgan fingerprint density at radius 2 is 1.68 bits per heavy atom. The molecule has 1 amide bonds. The Bertz CT molecular complexity index is 1690. The molecule has 1 fully saturated rings. The summed E-state index contributed by atoms with van der Waals surface area (Å²) in [6, 6.07) is 22.5. The summed E-state index contributed by atoms with van der Waals surface area (Å²) in [6.45, 7) is 0.566. The van der Waals surface area contributed by atoms with Crippen molar-refractivity contribution in [1.29, 1.82) is 0 Å². The summed E-state index contributed by atoms with van der Waals surface area (Å²) in [6.07, 6.45) is -4.16. The van der Waals surface area contributed by atoms with Crippen LogP contribution in [0, 0.1) is 0 Å². The van der Waals surface area contributed by atoms with Gasteiger partial charge >= 0.3 is 6.18 Å². The van der Waals surface area contributed by atoms with Crippen LogP contribution in [0.25, 0.3) is 16.9 Å². The number of halogens is 3. The van der Waals surface area contributed by atoms with Crippen LogP contribution >= 0.6 is 0 Å². The van der Waals surface area contributed by atoms with Crippen molar-refractivity contribution >= 4 is 17.4 Å². The highest BCUT2D eigenvalue weighted by Crippen LogP contribution is 2.36. The Kier molecular flexibility index (Phi) is 7.08. The topological polar surface area (TPSA) is 99.9 Å². The number of nitrogens with zero attached hydrogens (tertiary/aromatic N) is 4. The monoisotopic (exact) mass is 561 g/mol. The van der Waals surface area contributed by atoms with E-state index >= 15 is 0 Å². The van der Waals surface area contributed by atoms with Crippen LogP contribution in [0.5, 0.6) is 5.88 Å². The van der Waals surface area contributed by atoms with Gasteiger partial charge in [-0.1, -0.05) is 54.6 Å². The van der Waals surface area contributed by atoms with Gasteiger partial charge in [-0.05, 0) is 24.3 Å². The molecule has 0 atom stereocenters. The van der Waals surface area contributed by atoms with E-state index in [-0.39, 0.29) is 41.9 Å². The minimum atomic E-state index is -4.57. The molecule has 0 saturated carbocycles. The van der Waals surface area contributed by atoms with Gasteiger partial charge in [0.2, 0.25) is 5.88 Å². The van der Waals surface area contributed by atoms with Gasteiger partial charge in [0.1, 0.15) is 11.9 Å². The number of rotatable bonds is 6. The summed E-state index contributed by atoms with van der Waals surface area (Å²) in [5, 5.41) is 6.95. The third-order valence-electron chi connectivity index (χ3n) is 6.29. The molecule has 4 heterocycles. The fourth-order valence-electron chi connectivity index (χ4n) is 4.38. The Labute approximate surface area is 231 Å². The van der Waals surface area contributed by atoms with Crippen LogP contribution in [0.15, 0.2) is 91.1 Å². The predicted octanol–water partition coefficient (Wildman–Crippen LogP) is 5.56. The summed E-state index contributed by atoms with van der Waals surface area (Å²) < 4.78 is 59.3. The van der Waals surface area contributed by atoms with E-state index in [1.54, 1.807) is 18.2 Å². The molecule has 12 heteroatoms. The van der Waals surface area contributed by atoms with Crippen molar-refractivity contribution in [2.24, 2.45) is 0 Å². The van der Waals surface area contributed by atoms with Crippen molar-refractivity contribution in [3.05, 3.63) is 108 Å². The number of ether oxygens (including phenoxy) is 3. The standard InChI is InChI=1S/C29H22F3N5O4/c30-29(31,32)21-10-5-4-9-20(21)22-13-14-25-33-15-23(37(25)36-22)27(38)35-24-11-6-12-26(34-24)41-19-16-39-28(40-17-19)18-7-2-1-3-8-18/h1-15,19,28H,16-17H2,(H,34,35,38). The number of benzene rings is 2. The van der Waals surface area contributed by atoms with Gasteiger partial charge in [-0.15, -0.1) is 0 Å². The molecule has 5 aromatic rings. The number of pyridine rings is 1. The maximum atomic E-state index is 13.6. The van der Waals surface area contributed by atoms with E-state index in [0.29, 0.717) is 5.65 Å². The molecule has 1 N–H and O–H groups in total. The van der Waals surface area contributed by atoms with Crippen LogP contribution < -0.4 is 10.1 Å². The lowest BCUT2D eigenvalue weighted by atomic mass is 10.0.